The van der Waals surface area contributed by atoms with Crippen molar-refractivity contribution < 1.29 is 17.9 Å². The van der Waals surface area contributed by atoms with Gasteiger partial charge in [0, 0.05) is 63.3 Å². The van der Waals surface area contributed by atoms with Crippen LogP contribution in [0.5, 0.6) is 0 Å². The van der Waals surface area contributed by atoms with Crippen LogP contribution in [-0.2, 0) is 21.3 Å². The number of rotatable bonds is 8. The maximum Gasteiger partial charge on any atom is 0.263 e. The van der Waals surface area contributed by atoms with Crippen LogP contribution >= 0.6 is 11.6 Å². The number of carbonyl (C=O) groups excluding carboxylic acids is 1. The van der Waals surface area contributed by atoms with Crippen molar-refractivity contribution in [1.29, 1.82) is 0 Å². The molecule has 1 aliphatic rings. The number of benzene rings is 1. The minimum Gasteiger partial charge on any atom is -0.383 e. The van der Waals surface area contributed by atoms with Gasteiger partial charge in [0.2, 0.25) is 5.03 Å². The monoisotopic (exact) mass is 455 g/mol. The molecule has 0 spiro atoms. The van der Waals surface area contributed by atoms with Gasteiger partial charge >= 0.3 is 0 Å². The second-order valence-corrected chi connectivity index (χ2v) is 9.11. The summed E-state index contributed by atoms with van der Waals surface area (Å²) < 4.78 is 34.3. The average molecular weight is 456 g/mol. The van der Waals surface area contributed by atoms with Crippen LogP contribution in [0.4, 0.5) is 5.69 Å². The number of sulfonamides is 1. The van der Waals surface area contributed by atoms with E-state index < -0.39 is 15.9 Å². The van der Waals surface area contributed by atoms with Crippen molar-refractivity contribution in [2.75, 3.05) is 51.3 Å². The first-order valence-electron chi connectivity index (χ1n) is 9.72. The molecule has 164 valence electrons. The summed E-state index contributed by atoms with van der Waals surface area (Å²) in [4.78, 5) is 14.6. The molecule has 0 bridgehead atoms. The number of hydrogen-bond acceptors (Lipinski definition) is 6. The molecular weight excluding hydrogens is 430 g/mol. The Labute approximate surface area is 181 Å². The number of amides is 1. The predicted octanol–water partition coefficient (Wildman–Crippen LogP) is 1.44. The molecule has 1 aromatic carbocycles. The van der Waals surface area contributed by atoms with Crippen LogP contribution in [0.3, 0.4) is 0 Å². The fraction of sp³-hybridized carbons (Fsp3) is 0.474. The largest absolute Gasteiger partial charge is 0.383 e. The Morgan fingerprint density at radius 1 is 1.27 bits per heavy atom. The van der Waals surface area contributed by atoms with E-state index in [2.05, 4.69) is 15.3 Å². The Bertz CT molecular complexity index is 987. The SMILES string of the molecule is CCn1cc(C(=O)NCCOC)c(S(=O)(=O)N2CCN(c3cccc(Cl)c3)CC2)n1. The Kier molecular flexibility index (Phi) is 7.35. The van der Waals surface area contributed by atoms with Gasteiger partial charge in [0.1, 0.15) is 0 Å². The van der Waals surface area contributed by atoms with Crippen molar-refractivity contribution in [3.05, 3.63) is 41.0 Å². The zero-order chi connectivity index (χ0) is 21.7. The van der Waals surface area contributed by atoms with Crippen molar-refractivity contribution in [2.45, 2.75) is 18.5 Å². The van der Waals surface area contributed by atoms with Crippen molar-refractivity contribution in [1.82, 2.24) is 19.4 Å². The molecule has 0 atom stereocenters. The molecule has 1 amide bonds. The van der Waals surface area contributed by atoms with Crippen LogP contribution < -0.4 is 10.2 Å². The summed E-state index contributed by atoms with van der Waals surface area (Å²) in [6.07, 6.45) is 1.47. The molecule has 0 radical (unpaired) electrons. The third kappa shape index (κ3) is 4.94. The Balaban J connectivity index is 1.77. The fourth-order valence-corrected chi connectivity index (χ4v) is 4.96. The molecule has 9 nitrogen and oxygen atoms in total. The number of hydrogen-bond donors (Lipinski definition) is 1. The van der Waals surface area contributed by atoms with Crippen molar-refractivity contribution in [2.24, 2.45) is 0 Å². The van der Waals surface area contributed by atoms with Gasteiger partial charge in [-0.05, 0) is 25.1 Å². The molecule has 1 N–H and O–H groups in total. The number of aryl methyl sites for hydroxylation is 1. The number of aromatic nitrogens is 2. The summed E-state index contributed by atoms with van der Waals surface area (Å²) in [5.74, 6) is -0.483. The normalized spacial score (nSPS) is 15.4. The highest BCUT2D eigenvalue weighted by Crippen LogP contribution is 2.24. The standard InChI is InChI=1S/C19H26ClN5O4S/c1-3-24-14-17(18(26)21-7-12-29-2)19(22-24)30(27,28)25-10-8-23(9-11-25)16-6-4-5-15(20)13-16/h4-6,13-14H,3,7-12H2,1-2H3,(H,21,26). The fourth-order valence-electron chi connectivity index (χ4n) is 3.26. The molecule has 0 saturated carbocycles. The first kappa shape index (κ1) is 22.5. The number of carbonyl (C=O) groups is 1. The number of piperazine rings is 1. The summed E-state index contributed by atoms with van der Waals surface area (Å²) in [6.45, 7) is 4.52. The Hall–Kier alpha value is -2.14. The zero-order valence-corrected chi connectivity index (χ0v) is 18.6. The molecule has 30 heavy (non-hydrogen) atoms. The van der Waals surface area contributed by atoms with Gasteiger partial charge in [-0.3, -0.25) is 9.48 Å². The second-order valence-electron chi connectivity index (χ2n) is 6.82. The molecule has 1 aromatic heterocycles. The van der Waals surface area contributed by atoms with E-state index in [0.29, 0.717) is 44.4 Å². The molecule has 11 heteroatoms. The Morgan fingerprint density at radius 2 is 2.00 bits per heavy atom. The molecule has 1 aliphatic heterocycles. The van der Waals surface area contributed by atoms with Crippen LogP contribution in [0.15, 0.2) is 35.5 Å². The molecule has 0 unspecified atom stereocenters. The first-order chi connectivity index (χ1) is 14.4. The minimum absolute atomic E-state index is 0.0465. The van der Waals surface area contributed by atoms with Crippen LogP contribution in [0.2, 0.25) is 5.02 Å². The number of halogens is 1. The predicted molar refractivity (Wildman–Crippen MR) is 115 cm³/mol. The highest BCUT2D eigenvalue weighted by Gasteiger charge is 2.34. The van der Waals surface area contributed by atoms with E-state index >= 15 is 0 Å². The molecule has 2 heterocycles. The van der Waals surface area contributed by atoms with E-state index in [-0.39, 0.29) is 17.1 Å². The molecule has 3 rings (SSSR count). The van der Waals surface area contributed by atoms with E-state index in [1.54, 1.807) is 6.07 Å². The summed E-state index contributed by atoms with van der Waals surface area (Å²) in [5, 5.41) is 7.27. The maximum atomic E-state index is 13.3. The van der Waals surface area contributed by atoms with E-state index in [4.69, 9.17) is 16.3 Å². The topological polar surface area (TPSA) is 96.8 Å². The lowest BCUT2D eigenvalue weighted by Gasteiger charge is -2.35. The zero-order valence-electron chi connectivity index (χ0n) is 17.0. The highest BCUT2D eigenvalue weighted by molar-refractivity contribution is 7.89. The van der Waals surface area contributed by atoms with Gasteiger partial charge in [-0.1, -0.05) is 17.7 Å². The molecular formula is C19H26ClN5O4S. The van der Waals surface area contributed by atoms with Gasteiger partial charge < -0.3 is 15.0 Å². The van der Waals surface area contributed by atoms with Crippen LogP contribution in [0.25, 0.3) is 0 Å². The average Bonchev–Trinajstić information content (AvgIpc) is 3.20. The lowest BCUT2D eigenvalue weighted by Crippen LogP contribution is -2.49. The van der Waals surface area contributed by atoms with Gasteiger partial charge in [0.25, 0.3) is 15.9 Å². The lowest BCUT2D eigenvalue weighted by atomic mass is 10.2. The first-order valence-corrected chi connectivity index (χ1v) is 11.5. The number of methoxy groups -OCH3 is 1. The van der Waals surface area contributed by atoms with Crippen LogP contribution in [0.1, 0.15) is 17.3 Å². The quantitative estimate of drug-likeness (QED) is 0.605. The third-order valence-corrected chi connectivity index (χ3v) is 6.95. The third-order valence-electron chi connectivity index (χ3n) is 4.88. The number of nitrogens with one attached hydrogen (secondary N) is 1. The van der Waals surface area contributed by atoms with E-state index in [0.717, 1.165) is 5.69 Å². The summed E-state index contributed by atoms with van der Waals surface area (Å²) in [7, 11) is -2.39. The molecule has 2 aromatic rings. The smallest absolute Gasteiger partial charge is 0.263 e. The second kappa shape index (κ2) is 9.78. The van der Waals surface area contributed by atoms with Gasteiger partial charge in [0.05, 0.1) is 12.2 Å². The Morgan fingerprint density at radius 3 is 2.63 bits per heavy atom. The van der Waals surface area contributed by atoms with E-state index in [9.17, 15) is 13.2 Å². The lowest BCUT2D eigenvalue weighted by molar-refractivity contribution is 0.0933. The number of anilines is 1. The number of nitrogens with zero attached hydrogens (tertiary/aromatic N) is 4. The molecule has 1 saturated heterocycles. The van der Waals surface area contributed by atoms with Gasteiger partial charge in [-0.15, -0.1) is 0 Å². The van der Waals surface area contributed by atoms with Crippen molar-refractivity contribution >= 4 is 33.2 Å². The number of ether oxygens (including phenoxy) is 1. The van der Waals surface area contributed by atoms with Gasteiger partial charge in [-0.25, -0.2) is 8.42 Å². The molecule has 1 fully saturated rings. The summed E-state index contributed by atoms with van der Waals surface area (Å²) in [5.41, 5.74) is 0.998. The van der Waals surface area contributed by atoms with Gasteiger partial charge in [0.15, 0.2) is 0 Å². The summed E-state index contributed by atoms with van der Waals surface area (Å²) in [6, 6.07) is 7.47. The van der Waals surface area contributed by atoms with Crippen LogP contribution in [0, 0.1) is 0 Å². The highest BCUT2D eigenvalue weighted by atomic mass is 35.5. The van der Waals surface area contributed by atoms with E-state index in [1.165, 1.54) is 22.3 Å². The minimum atomic E-state index is -3.91. The van der Waals surface area contributed by atoms with Gasteiger partial charge in [-0.2, -0.15) is 9.40 Å². The summed E-state index contributed by atoms with van der Waals surface area (Å²) >= 11 is 6.06. The maximum absolute atomic E-state index is 13.3. The molecule has 0 aliphatic carbocycles. The van der Waals surface area contributed by atoms with Crippen molar-refractivity contribution in [3.8, 4) is 0 Å². The van der Waals surface area contributed by atoms with E-state index in [1.807, 2.05) is 25.1 Å². The van der Waals surface area contributed by atoms with Crippen LogP contribution in [-0.4, -0.2) is 74.9 Å². The van der Waals surface area contributed by atoms with Crippen molar-refractivity contribution in [3.63, 3.8) is 0 Å².